The van der Waals surface area contributed by atoms with Gasteiger partial charge in [0.2, 0.25) is 0 Å². The number of nitro benzene ring substituents is 1. The van der Waals surface area contributed by atoms with Crippen molar-refractivity contribution in [2.45, 2.75) is 12.1 Å². The van der Waals surface area contributed by atoms with Crippen LogP contribution in [0.4, 0.5) is 5.69 Å². The number of halogens is 1. The molecule has 0 aliphatic heterocycles. The van der Waals surface area contributed by atoms with Crippen LogP contribution in [0.25, 0.3) is 0 Å². The first-order chi connectivity index (χ1) is 11.3. The summed E-state index contributed by atoms with van der Waals surface area (Å²) >= 11 is 3.20. The fourth-order valence-corrected chi connectivity index (χ4v) is 2.68. The van der Waals surface area contributed by atoms with Gasteiger partial charge in [0.05, 0.1) is 28.2 Å². The zero-order valence-corrected chi connectivity index (χ0v) is 14.2. The lowest BCUT2D eigenvalue weighted by Crippen LogP contribution is -2.42. The standard InChI is InChI=1S/C14H15BrN4O5/c1-18-12(10(15)6-16-18)14(22)17-11(7-20)13(21)8-2-4-9(5-3-8)19(23)24/h2-6,11,13,20-21H,7H2,1H3,(H,17,22). The van der Waals surface area contributed by atoms with Gasteiger partial charge in [-0.15, -0.1) is 0 Å². The zero-order chi connectivity index (χ0) is 17.9. The summed E-state index contributed by atoms with van der Waals surface area (Å²) in [5.41, 5.74) is 0.461. The van der Waals surface area contributed by atoms with Crippen LogP contribution < -0.4 is 5.32 Å². The first-order valence-corrected chi connectivity index (χ1v) is 7.66. The Labute approximate surface area is 145 Å². The molecule has 2 unspecified atom stereocenters. The summed E-state index contributed by atoms with van der Waals surface area (Å²) < 4.78 is 1.83. The van der Waals surface area contributed by atoms with Gasteiger partial charge >= 0.3 is 0 Å². The van der Waals surface area contributed by atoms with Gasteiger partial charge in [0.25, 0.3) is 11.6 Å². The van der Waals surface area contributed by atoms with E-state index in [0.717, 1.165) is 0 Å². The number of aromatic nitrogens is 2. The van der Waals surface area contributed by atoms with Gasteiger partial charge in [-0.05, 0) is 33.6 Å². The average Bonchev–Trinajstić information content (AvgIpc) is 2.90. The first-order valence-electron chi connectivity index (χ1n) is 6.86. The number of hydrogen-bond acceptors (Lipinski definition) is 6. The van der Waals surface area contributed by atoms with Crippen molar-refractivity contribution in [3.8, 4) is 0 Å². The number of benzene rings is 1. The number of non-ortho nitro benzene ring substituents is 1. The SMILES string of the molecule is Cn1ncc(Br)c1C(=O)NC(CO)C(O)c1ccc([N+](=O)[O-])cc1. The molecule has 128 valence electrons. The van der Waals surface area contributed by atoms with Gasteiger partial charge in [0, 0.05) is 19.2 Å². The summed E-state index contributed by atoms with van der Waals surface area (Å²) in [6, 6.07) is 4.24. The first kappa shape index (κ1) is 18.0. The Morgan fingerprint density at radius 1 is 1.46 bits per heavy atom. The molecule has 2 aromatic rings. The van der Waals surface area contributed by atoms with Crippen molar-refractivity contribution in [3.05, 3.63) is 56.3 Å². The maximum atomic E-state index is 12.3. The van der Waals surface area contributed by atoms with Crippen LogP contribution in [-0.4, -0.2) is 43.5 Å². The summed E-state index contributed by atoms with van der Waals surface area (Å²) in [6.45, 7) is -0.515. The molecule has 0 bridgehead atoms. The van der Waals surface area contributed by atoms with E-state index < -0.39 is 29.6 Å². The molecule has 2 rings (SSSR count). The molecule has 0 saturated carbocycles. The van der Waals surface area contributed by atoms with E-state index in [9.17, 15) is 25.1 Å². The Morgan fingerprint density at radius 3 is 2.54 bits per heavy atom. The lowest BCUT2D eigenvalue weighted by Gasteiger charge is -2.22. The summed E-state index contributed by atoms with van der Waals surface area (Å²) in [6.07, 6.45) is 0.224. The zero-order valence-electron chi connectivity index (χ0n) is 12.6. The van der Waals surface area contributed by atoms with E-state index in [-0.39, 0.29) is 11.4 Å². The van der Waals surface area contributed by atoms with Gasteiger partial charge in [-0.3, -0.25) is 19.6 Å². The number of carbonyl (C=O) groups excluding carboxylic acids is 1. The van der Waals surface area contributed by atoms with Crippen molar-refractivity contribution in [1.82, 2.24) is 15.1 Å². The predicted molar refractivity (Wildman–Crippen MR) is 87.3 cm³/mol. The molecular weight excluding hydrogens is 384 g/mol. The van der Waals surface area contributed by atoms with Crippen LogP contribution in [0.3, 0.4) is 0 Å². The van der Waals surface area contributed by atoms with Crippen LogP contribution in [0.2, 0.25) is 0 Å². The van der Waals surface area contributed by atoms with Crippen molar-refractivity contribution >= 4 is 27.5 Å². The number of hydrogen-bond donors (Lipinski definition) is 3. The fraction of sp³-hybridized carbons (Fsp3) is 0.286. The van der Waals surface area contributed by atoms with Gasteiger partial charge in [-0.25, -0.2) is 0 Å². The lowest BCUT2D eigenvalue weighted by atomic mass is 10.0. The summed E-state index contributed by atoms with van der Waals surface area (Å²) in [5, 5.41) is 36.9. The highest BCUT2D eigenvalue weighted by Gasteiger charge is 2.25. The minimum Gasteiger partial charge on any atom is -0.394 e. The molecule has 3 N–H and O–H groups in total. The molecule has 1 heterocycles. The van der Waals surface area contributed by atoms with Crippen molar-refractivity contribution in [1.29, 1.82) is 0 Å². The predicted octanol–water partition coefficient (Wildman–Crippen LogP) is 0.915. The molecule has 0 saturated heterocycles. The molecule has 0 aliphatic rings. The number of amides is 1. The fourth-order valence-electron chi connectivity index (χ4n) is 2.15. The van der Waals surface area contributed by atoms with Gasteiger partial charge in [-0.1, -0.05) is 0 Å². The van der Waals surface area contributed by atoms with Crippen LogP contribution in [-0.2, 0) is 7.05 Å². The van der Waals surface area contributed by atoms with Crippen molar-refractivity contribution in [2.24, 2.45) is 7.05 Å². The summed E-state index contributed by atoms with van der Waals surface area (Å²) in [5.74, 6) is -0.526. The maximum Gasteiger partial charge on any atom is 0.271 e. The maximum absolute atomic E-state index is 12.3. The van der Waals surface area contributed by atoms with Crippen molar-refractivity contribution in [2.75, 3.05) is 6.61 Å². The highest BCUT2D eigenvalue weighted by atomic mass is 79.9. The van der Waals surface area contributed by atoms with Crippen LogP contribution in [0, 0.1) is 10.1 Å². The molecule has 1 amide bonds. The Balaban J connectivity index is 2.15. The number of carbonyl (C=O) groups is 1. The molecule has 1 aromatic heterocycles. The van der Waals surface area contributed by atoms with E-state index in [1.54, 1.807) is 7.05 Å². The Hall–Kier alpha value is -2.30. The second-order valence-corrected chi connectivity index (χ2v) is 5.88. The topological polar surface area (TPSA) is 131 Å². The highest BCUT2D eigenvalue weighted by molar-refractivity contribution is 9.10. The number of nitrogens with one attached hydrogen (secondary N) is 1. The second-order valence-electron chi connectivity index (χ2n) is 5.02. The second kappa shape index (κ2) is 7.51. The van der Waals surface area contributed by atoms with E-state index in [1.807, 2.05) is 0 Å². The molecule has 0 aliphatic carbocycles. The number of nitro groups is 1. The molecule has 0 spiro atoms. The van der Waals surface area contributed by atoms with Crippen LogP contribution in [0.1, 0.15) is 22.2 Å². The van der Waals surface area contributed by atoms with E-state index in [1.165, 1.54) is 35.1 Å². The minimum absolute atomic E-state index is 0.116. The average molecular weight is 399 g/mol. The third-order valence-electron chi connectivity index (χ3n) is 3.45. The largest absolute Gasteiger partial charge is 0.394 e. The molecule has 10 heteroatoms. The van der Waals surface area contributed by atoms with E-state index >= 15 is 0 Å². The normalized spacial score (nSPS) is 13.3. The van der Waals surface area contributed by atoms with Crippen molar-refractivity contribution < 1.29 is 19.9 Å². The molecule has 1 aromatic carbocycles. The van der Waals surface area contributed by atoms with Gasteiger partial charge in [-0.2, -0.15) is 5.10 Å². The third kappa shape index (κ3) is 3.78. The van der Waals surface area contributed by atoms with Crippen LogP contribution in [0.5, 0.6) is 0 Å². The molecule has 24 heavy (non-hydrogen) atoms. The van der Waals surface area contributed by atoms with Crippen molar-refractivity contribution in [3.63, 3.8) is 0 Å². The Bertz CT molecular complexity index is 727. The lowest BCUT2D eigenvalue weighted by molar-refractivity contribution is -0.384. The number of rotatable bonds is 6. The number of aliphatic hydroxyl groups is 2. The van der Waals surface area contributed by atoms with E-state index in [0.29, 0.717) is 10.0 Å². The molecule has 2 atom stereocenters. The molecule has 0 fully saturated rings. The molecular formula is C14H15BrN4O5. The van der Waals surface area contributed by atoms with Gasteiger partial charge in [0.1, 0.15) is 11.8 Å². The number of nitrogens with zero attached hydrogens (tertiary/aromatic N) is 3. The quantitative estimate of drug-likeness (QED) is 0.489. The van der Waals surface area contributed by atoms with E-state index in [2.05, 4.69) is 26.3 Å². The van der Waals surface area contributed by atoms with Crippen LogP contribution >= 0.6 is 15.9 Å². The Morgan fingerprint density at radius 2 is 2.08 bits per heavy atom. The smallest absolute Gasteiger partial charge is 0.271 e. The minimum atomic E-state index is -1.23. The highest BCUT2D eigenvalue weighted by Crippen LogP contribution is 2.21. The summed E-state index contributed by atoms with van der Waals surface area (Å²) in [7, 11) is 1.58. The number of aryl methyl sites for hydroxylation is 1. The van der Waals surface area contributed by atoms with E-state index in [4.69, 9.17) is 0 Å². The Kier molecular flexibility index (Phi) is 5.65. The van der Waals surface area contributed by atoms with Gasteiger partial charge in [0.15, 0.2) is 0 Å². The van der Waals surface area contributed by atoms with Gasteiger partial charge < -0.3 is 15.5 Å². The van der Waals surface area contributed by atoms with Crippen LogP contribution in [0.15, 0.2) is 34.9 Å². The third-order valence-corrected chi connectivity index (χ3v) is 4.03. The molecule has 0 radical (unpaired) electrons. The number of aliphatic hydroxyl groups excluding tert-OH is 2. The monoisotopic (exact) mass is 398 g/mol. The summed E-state index contributed by atoms with van der Waals surface area (Å²) in [4.78, 5) is 22.4. The molecule has 9 nitrogen and oxygen atoms in total.